The molecular formula is C10H12O5. The molecule has 0 bridgehead atoms. The van der Waals surface area contributed by atoms with E-state index >= 15 is 0 Å². The van der Waals surface area contributed by atoms with Gasteiger partial charge >= 0.3 is 11.9 Å². The normalized spacial score (nSPS) is 27.7. The molecule has 1 fully saturated rings. The van der Waals surface area contributed by atoms with Crippen molar-refractivity contribution in [3.63, 3.8) is 0 Å². The van der Waals surface area contributed by atoms with Gasteiger partial charge in [-0.05, 0) is 6.92 Å². The molecule has 2 unspecified atom stereocenters. The number of hydrogen-bond donors (Lipinski definition) is 0. The second kappa shape index (κ2) is 4.27. The lowest BCUT2D eigenvalue weighted by Gasteiger charge is -2.05. The molecule has 0 spiro atoms. The van der Waals surface area contributed by atoms with Crippen molar-refractivity contribution >= 4 is 11.9 Å². The maximum atomic E-state index is 10.8. The third kappa shape index (κ3) is 2.92. The lowest BCUT2D eigenvalue weighted by molar-refractivity contribution is -0.142. The molecule has 0 aromatic heterocycles. The van der Waals surface area contributed by atoms with E-state index in [9.17, 15) is 9.59 Å². The Morgan fingerprint density at radius 3 is 2.53 bits per heavy atom. The Labute approximate surface area is 87.3 Å². The van der Waals surface area contributed by atoms with Gasteiger partial charge in [0.1, 0.15) is 6.61 Å². The molecule has 0 amide bonds. The molecule has 0 radical (unpaired) electrons. The quantitative estimate of drug-likeness (QED) is 0.378. The van der Waals surface area contributed by atoms with Crippen LogP contribution in [0.2, 0.25) is 0 Å². The smallest absolute Gasteiger partial charge is 0.332 e. The summed E-state index contributed by atoms with van der Waals surface area (Å²) in [6.45, 7) is 8.19. The zero-order valence-electron chi connectivity index (χ0n) is 8.39. The molecule has 15 heavy (non-hydrogen) atoms. The maximum Gasteiger partial charge on any atom is 0.332 e. The highest BCUT2D eigenvalue weighted by Gasteiger charge is 2.56. The van der Waals surface area contributed by atoms with Crippen molar-refractivity contribution in [1.82, 2.24) is 0 Å². The van der Waals surface area contributed by atoms with Crippen LogP contribution in [0.25, 0.3) is 0 Å². The minimum absolute atomic E-state index is 0.0208. The van der Waals surface area contributed by atoms with E-state index in [1.807, 2.05) is 0 Å². The predicted molar refractivity (Wildman–Crippen MR) is 50.7 cm³/mol. The standard InChI is InChI=1S/C10H12O5/c1-4-7(11)13-6-10(3)9(15-10)14-8(12)5-2/h4-5,9H,1-2,6H2,3H3. The lowest BCUT2D eigenvalue weighted by Crippen LogP contribution is -2.22. The Hall–Kier alpha value is -1.62. The van der Waals surface area contributed by atoms with Crippen molar-refractivity contribution in [3.8, 4) is 0 Å². The van der Waals surface area contributed by atoms with Gasteiger partial charge in [0.25, 0.3) is 0 Å². The topological polar surface area (TPSA) is 65.1 Å². The minimum Gasteiger partial charge on any atom is -0.459 e. The van der Waals surface area contributed by atoms with Crippen molar-refractivity contribution in [1.29, 1.82) is 0 Å². The summed E-state index contributed by atoms with van der Waals surface area (Å²) < 4.78 is 14.6. The van der Waals surface area contributed by atoms with Crippen LogP contribution >= 0.6 is 0 Å². The molecule has 2 atom stereocenters. The van der Waals surface area contributed by atoms with Gasteiger partial charge in [0.2, 0.25) is 6.29 Å². The first-order valence-corrected chi connectivity index (χ1v) is 4.32. The van der Waals surface area contributed by atoms with Crippen LogP contribution < -0.4 is 0 Å². The highest BCUT2D eigenvalue weighted by Crippen LogP contribution is 2.37. The van der Waals surface area contributed by atoms with E-state index < -0.39 is 23.8 Å². The van der Waals surface area contributed by atoms with E-state index in [0.717, 1.165) is 12.2 Å². The summed E-state index contributed by atoms with van der Waals surface area (Å²) in [7, 11) is 0. The summed E-state index contributed by atoms with van der Waals surface area (Å²) in [4.78, 5) is 21.6. The van der Waals surface area contributed by atoms with E-state index in [4.69, 9.17) is 14.2 Å². The van der Waals surface area contributed by atoms with Crippen molar-refractivity contribution < 1.29 is 23.8 Å². The Balaban J connectivity index is 2.32. The van der Waals surface area contributed by atoms with Gasteiger partial charge in [0.15, 0.2) is 5.60 Å². The molecule has 1 heterocycles. The first-order valence-electron chi connectivity index (χ1n) is 4.32. The first kappa shape index (κ1) is 11.5. The van der Waals surface area contributed by atoms with Gasteiger partial charge in [-0.15, -0.1) is 0 Å². The van der Waals surface area contributed by atoms with Crippen LogP contribution in [0.5, 0.6) is 0 Å². The minimum atomic E-state index is -0.753. The summed E-state index contributed by atoms with van der Waals surface area (Å²) >= 11 is 0. The molecule has 82 valence electrons. The molecule has 1 aliphatic heterocycles. The van der Waals surface area contributed by atoms with E-state index in [2.05, 4.69) is 13.2 Å². The van der Waals surface area contributed by atoms with Crippen LogP contribution in [-0.4, -0.2) is 30.4 Å². The van der Waals surface area contributed by atoms with Crippen molar-refractivity contribution in [2.45, 2.75) is 18.8 Å². The largest absolute Gasteiger partial charge is 0.459 e. The van der Waals surface area contributed by atoms with Crippen molar-refractivity contribution in [2.24, 2.45) is 0 Å². The SMILES string of the molecule is C=CC(=O)OCC1(C)OC1OC(=O)C=C. The second-order valence-corrected chi connectivity index (χ2v) is 3.22. The molecule has 5 heteroatoms. The Kier molecular flexibility index (Phi) is 3.26. The van der Waals surface area contributed by atoms with Crippen LogP contribution in [0, 0.1) is 0 Å². The number of ether oxygens (including phenoxy) is 3. The lowest BCUT2D eigenvalue weighted by atomic mass is 10.2. The fourth-order valence-electron chi connectivity index (χ4n) is 0.888. The van der Waals surface area contributed by atoms with Crippen LogP contribution in [0.3, 0.4) is 0 Å². The van der Waals surface area contributed by atoms with Crippen LogP contribution in [-0.2, 0) is 23.8 Å². The average Bonchev–Trinajstić information content (AvgIpc) is 2.86. The molecule has 1 saturated heterocycles. The Morgan fingerprint density at radius 2 is 2.00 bits per heavy atom. The molecule has 1 aliphatic rings. The summed E-state index contributed by atoms with van der Waals surface area (Å²) in [6.07, 6.45) is 1.41. The van der Waals surface area contributed by atoms with Crippen molar-refractivity contribution in [3.05, 3.63) is 25.3 Å². The number of carbonyl (C=O) groups excluding carboxylic acids is 2. The van der Waals surface area contributed by atoms with Crippen molar-refractivity contribution in [2.75, 3.05) is 6.61 Å². The highest BCUT2D eigenvalue weighted by atomic mass is 16.8. The van der Waals surface area contributed by atoms with Gasteiger partial charge in [-0.25, -0.2) is 9.59 Å². The predicted octanol–water partition coefficient (Wildman–Crippen LogP) is 0.560. The molecule has 0 saturated carbocycles. The van der Waals surface area contributed by atoms with E-state index in [1.165, 1.54) is 0 Å². The van der Waals surface area contributed by atoms with Crippen LogP contribution in [0.1, 0.15) is 6.92 Å². The molecule has 0 aliphatic carbocycles. The molecule has 0 aromatic carbocycles. The Bertz CT molecular complexity index is 309. The van der Waals surface area contributed by atoms with E-state index in [-0.39, 0.29) is 6.61 Å². The summed E-state index contributed by atoms with van der Waals surface area (Å²) in [5.41, 5.74) is -0.753. The van der Waals surface area contributed by atoms with Crippen LogP contribution in [0.4, 0.5) is 0 Å². The number of hydrogen-bond acceptors (Lipinski definition) is 5. The molecular weight excluding hydrogens is 200 g/mol. The summed E-state index contributed by atoms with van der Waals surface area (Å²) in [5, 5.41) is 0. The maximum absolute atomic E-state index is 10.8. The summed E-state index contributed by atoms with van der Waals surface area (Å²) in [5.74, 6) is -1.11. The number of rotatable bonds is 5. The van der Waals surface area contributed by atoms with Crippen LogP contribution in [0.15, 0.2) is 25.3 Å². The zero-order valence-corrected chi connectivity index (χ0v) is 8.39. The van der Waals surface area contributed by atoms with E-state index in [1.54, 1.807) is 6.92 Å². The fraction of sp³-hybridized carbons (Fsp3) is 0.400. The third-order valence-corrected chi connectivity index (χ3v) is 1.88. The number of carbonyl (C=O) groups is 2. The first-order chi connectivity index (χ1) is 7.01. The molecule has 5 nitrogen and oxygen atoms in total. The number of epoxide rings is 1. The van der Waals surface area contributed by atoms with Gasteiger partial charge in [-0.3, -0.25) is 0 Å². The van der Waals surface area contributed by atoms with Gasteiger partial charge in [-0.1, -0.05) is 13.2 Å². The van der Waals surface area contributed by atoms with Gasteiger partial charge in [0.05, 0.1) is 0 Å². The summed E-state index contributed by atoms with van der Waals surface area (Å²) in [6, 6.07) is 0. The van der Waals surface area contributed by atoms with Gasteiger partial charge in [0, 0.05) is 12.2 Å². The second-order valence-electron chi connectivity index (χ2n) is 3.22. The molecule has 0 N–H and O–H groups in total. The van der Waals surface area contributed by atoms with E-state index in [0.29, 0.717) is 0 Å². The monoisotopic (exact) mass is 212 g/mol. The molecule has 1 rings (SSSR count). The van der Waals surface area contributed by atoms with Gasteiger partial charge in [-0.2, -0.15) is 0 Å². The third-order valence-electron chi connectivity index (χ3n) is 1.88. The van der Waals surface area contributed by atoms with Gasteiger partial charge < -0.3 is 14.2 Å². The highest BCUT2D eigenvalue weighted by molar-refractivity contribution is 5.82. The average molecular weight is 212 g/mol. The zero-order chi connectivity index (χ0) is 11.5. The molecule has 0 aromatic rings. The number of esters is 2. The Morgan fingerprint density at radius 1 is 1.40 bits per heavy atom. The fourth-order valence-corrected chi connectivity index (χ4v) is 0.888.